The van der Waals surface area contributed by atoms with E-state index in [9.17, 15) is 24.5 Å². The van der Waals surface area contributed by atoms with Gasteiger partial charge in [0, 0.05) is 17.2 Å². The van der Waals surface area contributed by atoms with E-state index in [0.29, 0.717) is 5.56 Å². The van der Waals surface area contributed by atoms with Gasteiger partial charge in [0.2, 0.25) is 5.78 Å². The second-order valence-corrected chi connectivity index (χ2v) is 6.56. The first-order valence-electron chi connectivity index (χ1n) is 8.77. The number of hydrogen-bond acceptors (Lipinski definition) is 6. The van der Waals surface area contributed by atoms with Crippen LogP contribution in [0.1, 0.15) is 40.1 Å². The highest BCUT2D eigenvalue weighted by Crippen LogP contribution is 2.24. The Morgan fingerprint density at radius 3 is 2.34 bits per heavy atom. The minimum atomic E-state index is -1.02. The number of Topliss-reactive ketones (excluding diaryl/α,β-unsaturated/α-hetero) is 1. The predicted molar refractivity (Wildman–Crippen MR) is 106 cm³/mol. The summed E-state index contributed by atoms with van der Waals surface area (Å²) in [6, 6.07) is 10.5. The molecule has 0 aliphatic rings. The van der Waals surface area contributed by atoms with Crippen molar-refractivity contribution in [3.8, 4) is 0 Å². The van der Waals surface area contributed by atoms with Crippen LogP contribution in [0.3, 0.4) is 0 Å². The number of rotatable bonds is 8. The van der Waals surface area contributed by atoms with Crippen molar-refractivity contribution in [2.45, 2.75) is 26.4 Å². The van der Waals surface area contributed by atoms with Crippen LogP contribution in [0.2, 0.25) is 5.02 Å². The minimum Gasteiger partial charge on any atom is -0.453 e. The van der Waals surface area contributed by atoms with Crippen molar-refractivity contribution in [2.75, 3.05) is 6.54 Å². The van der Waals surface area contributed by atoms with Gasteiger partial charge < -0.3 is 10.1 Å². The molecule has 0 radical (unpaired) electrons. The van der Waals surface area contributed by atoms with E-state index >= 15 is 0 Å². The molecule has 1 unspecified atom stereocenters. The SMILES string of the molecule is CCc1ccc(C(=O)C(C)OC(=O)CNC(=O)c2ccc(Cl)c([N+](=O)[O-])c2)cc1. The average Bonchev–Trinajstić information content (AvgIpc) is 2.71. The van der Waals surface area contributed by atoms with Gasteiger partial charge in [-0.2, -0.15) is 0 Å². The van der Waals surface area contributed by atoms with Gasteiger partial charge >= 0.3 is 5.97 Å². The van der Waals surface area contributed by atoms with Gasteiger partial charge in [0.1, 0.15) is 11.6 Å². The summed E-state index contributed by atoms with van der Waals surface area (Å²) >= 11 is 5.70. The molecule has 9 heteroatoms. The number of esters is 1. The van der Waals surface area contributed by atoms with Crippen LogP contribution in [0.15, 0.2) is 42.5 Å². The van der Waals surface area contributed by atoms with Crippen molar-refractivity contribution < 1.29 is 24.0 Å². The molecule has 29 heavy (non-hydrogen) atoms. The summed E-state index contributed by atoms with van der Waals surface area (Å²) in [5, 5.41) is 13.1. The molecule has 2 aromatic rings. The molecular formula is C20H19ClN2O6. The third-order valence-corrected chi connectivity index (χ3v) is 4.44. The van der Waals surface area contributed by atoms with Crippen LogP contribution in [0.4, 0.5) is 5.69 Å². The first-order chi connectivity index (χ1) is 13.7. The number of halogens is 1. The quantitative estimate of drug-likeness (QED) is 0.304. The summed E-state index contributed by atoms with van der Waals surface area (Å²) in [5.41, 5.74) is 1.04. The number of benzene rings is 2. The zero-order valence-corrected chi connectivity index (χ0v) is 16.6. The second-order valence-electron chi connectivity index (χ2n) is 6.15. The van der Waals surface area contributed by atoms with Crippen molar-refractivity contribution in [3.63, 3.8) is 0 Å². The third kappa shape index (κ3) is 5.86. The van der Waals surface area contributed by atoms with Gasteiger partial charge in [-0.25, -0.2) is 0 Å². The lowest BCUT2D eigenvalue weighted by Crippen LogP contribution is -2.34. The number of carbonyl (C=O) groups excluding carboxylic acids is 3. The fraction of sp³-hybridized carbons (Fsp3) is 0.250. The Kier molecular flexibility index (Phi) is 7.44. The number of amides is 1. The zero-order chi connectivity index (χ0) is 21.6. The minimum absolute atomic E-state index is 0.0333. The number of ketones is 1. The molecule has 152 valence electrons. The molecule has 0 aliphatic heterocycles. The lowest BCUT2D eigenvalue weighted by atomic mass is 10.0. The van der Waals surface area contributed by atoms with Gasteiger partial charge in [-0.05, 0) is 31.0 Å². The molecule has 0 spiro atoms. The molecule has 1 amide bonds. The molecule has 0 bridgehead atoms. The Morgan fingerprint density at radius 2 is 1.76 bits per heavy atom. The fourth-order valence-electron chi connectivity index (χ4n) is 2.48. The van der Waals surface area contributed by atoms with Crippen molar-refractivity contribution >= 4 is 34.9 Å². The zero-order valence-electron chi connectivity index (χ0n) is 15.8. The molecule has 0 saturated heterocycles. The van der Waals surface area contributed by atoms with E-state index in [2.05, 4.69) is 5.32 Å². The molecule has 1 atom stereocenters. The summed E-state index contributed by atoms with van der Waals surface area (Å²) < 4.78 is 5.06. The Labute approximate surface area is 172 Å². The van der Waals surface area contributed by atoms with Crippen LogP contribution in [0.25, 0.3) is 0 Å². The van der Waals surface area contributed by atoms with E-state index in [4.69, 9.17) is 16.3 Å². The number of hydrogen-bond donors (Lipinski definition) is 1. The lowest BCUT2D eigenvalue weighted by Gasteiger charge is -2.13. The highest BCUT2D eigenvalue weighted by atomic mass is 35.5. The van der Waals surface area contributed by atoms with Crippen molar-refractivity contribution in [2.24, 2.45) is 0 Å². The van der Waals surface area contributed by atoms with Gasteiger partial charge in [-0.15, -0.1) is 0 Å². The highest BCUT2D eigenvalue weighted by Gasteiger charge is 2.21. The van der Waals surface area contributed by atoms with Gasteiger partial charge in [0.05, 0.1) is 4.92 Å². The Morgan fingerprint density at radius 1 is 1.14 bits per heavy atom. The number of nitrogens with zero attached hydrogens (tertiary/aromatic N) is 1. The van der Waals surface area contributed by atoms with E-state index in [-0.39, 0.29) is 16.4 Å². The van der Waals surface area contributed by atoms with Crippen LogP contribution in [0.5, 0.6) is 0 Å². The highest BCUT2D eigenvalue weighted by molar-refractivity contribution is 6.32. The topological polar surface area (TPSA) is 116 Å². The first-order valence-corrected chi connectivity index (χ1v) is 9.15. The van der Waals surface area contributed by atoms with E-state index in [1.165, 1.54) is 19.1 Å². The molecule has 2 aromatic carbocycles. The maximum absolute atomic E-state index is 12.3. The molecule has 0 heterocycles. The summed E-state index contributed by atoms with van der Waals surface area (Å²) in [7, 11) is 0. The Balaban J connectivity index is 1.91. The number of carbonyl (C=O) groups is 3. The summed E-state index contributed by atoms with van der Waals surface area (Å²) in [6.07, 6.45) is -0.182. The van der Waals surface area contributed by atoms with E-state index in [0.717, 1.165) is 18.1 Å². The van der Waals surface area contributed by atoms with Gasteiger partial charge in [0.25, 0.3) is 11.6 Å². The second kappa shape index (κ2) is 9.79. The summed E-state index contributed by atoms with van der Waals surface area (Å²) in [6.45, 7) is 2.94. The smallest absolute Gasteiger partial charge is 0.326 e. The number of nitrogens with one attached hydrogen (secondary N) is 1. The largest absolute Gasteiger partial charge is 0.453 e. The predicted octanol–water partition coefficient (Wildman–Crippen LogP) is 3.36. The summed E-state index contributed by atoms with van der Waals surface area (Å²) in [5.74, 6) is -1.88. The van der Waals surface area contributed by atoms with Gasteiger partial charge in [-0.3, -0.25) is 24.5 Å². The molecule has 1 N–H and O–H groups in total. The monoisotopic (exact) mass is 418 g/mol. The number of nitro benzene ring substituents is 1. The maximum Gasteiger partial charge on any atom is 0.326 e. The van der Waals surface area contributed by atoms with Crippen molar-refractivity contribution in [1.29, 1.82) is 0 Å². The first kappa shape index (κ1) is 22.0. The van der Waals surface area contributed by atoms with Crippen LogP contribution in [-0.4, -0.2) is 35.2 Å². The summed E-state index contributed by atoms with van der Waals surface area (Å²) in [4.78, 5) is 46.5. The molecular weight excluding hydrogens is 400 g/mol. The van der Waals surface area contributed by atoms with Gasteiger partial charge in [0.15, 0.2) is 6.10 Å². The Bertz CT molecular complexity index is 942. The molecule has 2 rings (SSSR count). The molecule has 0 fully saturated rings. The van der Waals surface area contributed by atoms with Crippen molar-refractivity contribution in [3.05, 3.63) is 74.3 Å². The van der Waals surface area contributed by atoms with Crippen LogP contribution in [-0.2, 0) is 16.0 Å². The van der Waals surface area contributed by atoms with Crippen molar-refractivity contribution in [1.82, 2.24) is 5.32 Å². The molecule has 0 saturated carbocycles. The third-order valence-electron chi connectivity index (χ3n) is 4.12. The van der Waals surface area contributed by atoms with Gasteiger partial charge in [-0.1, -0.05) is 42.8 Å². The van der Waals surface area contributed by atoms with E-state index in [1.807, 2.05) is 19.1 Å². The normalized spacial score (nSPS) is 11.4. The number of ether oxygens (including phenoxy) is 1. The van der Waals surface area contributed by atoms with Crippen LogP contribution >= 0.6 is 11.6 Å². The fourth-order valence-corrected chi connectivity index (χ4v) is 2.67. The molecule has 0 aromatic heterocycles. The number of nitro groups is 1. The van der Waals surface area contributed by atoms with Crippen LogP contribution < -0.4 is 5.32 Å². The molecule has 0 aliphatic carbocycles. The maximum atomic E-state index is 12.3. The van der Waals surface area contributed by atoms with E-state index in [1.54, 1.807) is 12.1 Å². The number of aryl methyl sites for hydroxylation is 1. The standard InChI is InChI=1S/C20H19ClN2O6/c1-3-13-4-6-14(7-5-13)19(25)12(2)29-18(24)11-22-20(26)15-8-9-16(21)17(10-15)23(27)28/h4-10,12H,3,11H2,1-2H3,(H,22,26). The van der Waals surface area contributed by atoms with Crippen LogP contribution in [0, 0.1) is 10.1 Å². The average molecular weight is 419 g/mol. The van der Waals surface area contributed by atoms with E-state index < -0.39 is 35.1 Å². The lowest BCUT2D eigenvalue weighted by molar-refractivity contribution is -0.384. The Hall–Kier alpha value is -3.26. The molecule has 8 nitrogen and oxygen atoms in total.